The van der Waals surface area contributed by atoms with Gasteiger partial charge in [0.25, 0.3) is 5.91 Å². The van der Waals surface area contributed by atoms with E-state index in [1.165, 1.54) is 30.3 Å². The van der Waals surface area contributed by atoms with Crippen molar-refractivity contribution in [1.29, 1.82) is 0 Å². The van der Waals surface area contributed by atoms with Crippen LogP contribution in [0.1, 0.15) is 25.8 Å². The first-order valence-corrected chi connectivity index (χ1v) is 10.0. The minimum Gasteiger partial charge on any atom is -0.489 e. The fraction of sp³-hybridized carbons (Fsp3) is 0.227. The molecule has 2 N–H and O–H groups in total. The number of benzene rings is 2. The van der Waals surface area contributed by atoms with Gasteiger partial charge in [-0.25, -0.2) is 14.1 Å². The lowest BCUT2D eigenvalue weighted by Gasteiger charge is -2.14. The van der Waals surface area contributed by atoms with Gasteiger partial charge in [0.15, 0.2) is 0 Å². The molecule has 0 bridgehead atoms. The summed E-state index contributed by atoms with van der Waals surface area (Å²) in [5.41, 5.74) is 0.956. The van der Waals surface area contributed by atoms with Crippen LogP contribution in [0, 0.1) is 5.82 Å². The molecule has 3 rings (SSSR count). The summed E-state index contributed by atoms with van der Waals surface area (Å²) in [7, 11) is 0. The molecule has 0 spiro atoms. The molecule has 0 radical (unpaired) electrons. The van der Waals surface area contributed by atoms with Crippen LogP contribution in [-0.4, -0.2) is 35.4 Å². The number of hydrogen-bond donors (Lipinski definition) is 2. The lowest BCUT2D eigenvalue weighted by molar-refractivity contribution is -0.127. The Morgan fingerprint density at radius 2 is 1.97 bits per heavy atom. The van der Waals surface area contributed by atoms with E-state index in [0.29, 0.717) is 22.0 Å². The summed E-state index contributed by atoms with van der Waals surface area (Å²) in [6.45, 7) is 3.44. The molecule has 1 aliphatic heterocycles. The third-order valence-corrected chi connectivity index (χ3v) is 4.86. The first-order chi connectivity index (χ1) is 14.8. The fourth-order valence-corrected chi connectivity index (χ4v) is 3.00. The molecule has 1 saturated heterocycles. The predicted octanol–water partition coefficient (Wildman–Crippen LogP) is 4.19. The highest BCUT2D eigenvalue weighted by atomic mass is 35.5. The molecule has 0 aliphatic carbocycles. The van der Waals surface area contributed by atoms with Crippen molar-refractivity contribution in [1.82, 2.24) is 10.2 Å². The summed E-state index contributed by atoms with van der Waals surface area (Å²) in [6, 6.07) is 9.44. The van der Waals surface area contributed by atoms with E-state index < -0.39 is 30.2 Å². The summed E-state index contributed by atoms with van der Waals surface area (Å²) >= 11 is 6.25. The number of hydrogen-bond acceptors (Lipinski definition) is 4. The molecule has 2 aromatic carbocycles. The van der Waals surface area contributed by atoms with Crippen molar-refractivity contribution >= 4 is 41.2 Å². The molecule has 31 heavy (non-hydrogen) atoms. The Balaban J connectivity index is 1.67. The number of ether oxygens (including phenoxy) is 1. The number of carbonyl (C=O) groups is 3. The summed E-state index contributed by atoms with van der Waals surface area (Å²) in [5.74, 6) is -1.15. The lowest BCUT2D eigenvalue weighted by Crippen LogP contribution is -2.38. The first-order valence-electron chi connectivity index (χ1n) is 9.63. The smallest absolute Gasteiger partial charge is 0.329 e. The van der Waals surface area contributed by atoms with E-state index in [1.807, 2.05) is 13.8 Å². The van der Waals surface area contributed by atoms with Crippen molar-refractivity contribution in [3.05, 3.63) is 64.6 Å². The molecule has 0 unspecified atom stereocenters. The Kier molecular flexibility index (Phi) is 6.91. The van der Waals surface area contributed by atoms with Gasteiger partial charge in [-0.1, -0.05) is 24.6 Å². The molecular formula is C22H21ClFN3O4. The molecular weight excluding hydrogens is 425 g/mol. The van der Waals surface area contributed by atoms with Gasteiger partial charge in [0.1, 0.15) is 23.8 Å². The van der Waals surface area contributed by atoms with E-state index in [2.05, 4.69) is 10.6 Å². The Hall–Kier alpha value is -3.39. The third-order valence-electron chi connectivity index (χ3n) is 4.56. The molecule has 1 heterocycles. The standard InChI is InChI=1S/C22H21ClFN3O4/c1-3-13(2)31-19-9-4-14(10-17(19)23)11-18-21(29)27(22(30)26-18)12-20(28)25-16-7-5-15(24)6-8-16/h4-11,13H,3,12H2,1-2H3,(H,25,28)(H,26,30)/b18-11+/t13-/m1/s1. The SMILES string of the molecule is CC[C@@H](C)Oc1ccc(/C=C2/NC(=O)N(CC(=O)Nc3ccc(F)cc3)C2=O)cc1Cl. The number of halogens is 2. The van der Waals surface area contributed by atoms with Crippen LogP contribution in [0.5, 0.6) is 5.75 Å². The molecule has 1 aliphatic rings. The minimum atomic E-state index is -0.715. The van der Waals surface area contributed by atoms with Gasteiger partial charge < -0.3 is 15.4 Å². The summed E-state index contributed by atoms with van der Waals surface area (Å²) in [4.78, 5) is 37.7. The van der Waals surface area contributed by atoms with Gasteiger partial charge in [-0.05, 0) is 61.4 Å². The second kappa shape index (κ2) is 9.61. The average molecular weight is 446 g/mol. The van der Waals surface area contributed by atoms with Gasteiger partial charge in [0.2, 0.25) is 5.91 Å². The number of nitrogens with zero attached hydrogens (tertiary/aromatic N) is 1. The number of rotatable bonds is 7. The number of carbonyl (C=O) groups excluding carboxylic acids is 3. The van der Waals surface area contributed by atoms with Crippen molar-refractivity contribution in [3.63, 3.8) is 0 Å². The molecule has 1 fully saturated rings. The van der Waals surface area contributed by atoms with Crippen LogP contribution < -0.4 is 15.4 Å². The maximum absolute atomic E-state index is 13.0. The largest absolute Gasteiger partial charge is 0.489 e. The Labute approximate surface area is 183 Å². The average Bonchev–Trinajstić information content (AvgIpc) is 2.99. The number of amides is 4. The van der Waals surface area contributed by atoms with Crippen LogP contribution in [0.3, 0.4) is 0 Å². The minimum absolute atomic E-state index is 0.00650. The Bertz CT molecular complexity index is 1040. The Morgan fingerprint density at radius 3 is 2.61 bits per heavy atom. The van der Waals surface area contributed by atoms with Crippen LogP contribution in [-0.2, 0) is 9.59 Å². The molecule has 9 heteroatoms. The molecule has 162 valence electrons. The normalized spacial score (nSPS) is 15.7. The first kappa shape index (κ1) is 22.3. The van der Waals surface area contributed by atoms with Gasteiger partial charge in [-0.3, -0.25) is 9.59 Å². The highest BCUT2D eigenvalue weighted by Crippen LogP contribution is 2.28. The van der Waals surface area contributed by atoms with Gasteiger partial charge in [0, 0.05) is 5.69 Å². The zero-order valence-electron chi connectivity index (χ0n) is 16.9. The van der Waals surface area contributed by atoms with Gasteiger partial charge >= 0.3 is 6.03 Å². The van der Waals surface area contributed by atoms with Crippen LogP contribution in [0.2, 0.25) is 5.02 Å². The van der Waals surface area contributed by atoms with Crippen molar-refractivity contribution in [2.75, 3.05) is 11.9 Å². The predicted molar refractivity (Wildman–Crippen MR) is 115 cm³/mol. The molecule has 4 amide bonds. The van der Waals surface area contributed by atoms with Crippen LogP contribution in [0.15, 0.2) is 48.2 Å². The number of anilines is 1. The van der Waals surface area contributed by atoms with Crippen molar-refractivity contribution < 1.29 is 23.5 Å². The number of urea groups is 1. The van der Waals surface area contributed by atoms with Crippen molar-refractivity contribution in [3.8, 4) is 5.75 Å². The topological polar surface area (TPSA) is 87.7 Å². The zero-order valence-corrected chi connectivity index (χ0v) is 17.7. The van der Waals surface area contributed by atoms with Gasteiger partial charge in [0.05, 0.1) is 11.1 Å². The Morgan fingerprint density at radius 1 is 1.26 bits per heavy atom. The summed E-state index contributed by atoms with van der Waals surface area (Å²) in [6.07, 6.45) is 2.30. The van der Waals surface area contributed by atoms with Crippen LogP contribution >= 0.6 is 11.6 Å². The molecule has 1 atom stereocenters. The second-order valence-corrected chi connectivity index (χ2v) is 7.37. The van der Waals surface area contributed by atoms with Gasteiger partial charge in [-0.15, -0.1) is 0 Å². The third kappa shape index (κ3) is 5.61. The summed E-state index contributed by atoms with van der Waals surface area (Å²) < 4.78 is 18.7. The van der Waals surface area contributed by atoms with Crippen molar-refractivity contribution in [2.45, 2.75) is 26.4 Å². The van der Waals surface area contributed by atoms with Gasteiger partial charge in [-0.2, -0.15) is 0 Å². The molecule has 0 saturated carbocycles. The highest BCUT2D eigenvalue weighted by Gasteiger charge is 2.34. The van der Waals surface area contributed by atoms with E-state index in [-0.39, 0.29) is 11.8 Å². The van der Waals surface area contributed by atoms with E-state index in [0.717, 1.165) is 11.3 Å². The number of nitrogens with one attached hydrogen (secondary N) is 2. The highest BCUT2D eigenvalue weighted by molar-refractivity contribution is 6.32. The summed E-state index contributed by atoms with van der Waals surface area (Å²) in [5, 5.41) is 5.33. The lowest BCUT2D eigenvalue weighted by atomic mass is 10.1. The molecule has 0 aromatic heterocycles. The quantitative estimate of drug-likeness (QED) is 0.494. The monoisotopic (exact) mass is 445 g/mol. The second-order valence-electron chi connectivity index (χ2n) is 6.96. The van der Waals surface area contributed by atoms with E-state index in [9.17, 15) is 18.8 Å². The van der Waals surface area contributed by atoms with E-state index in [4.69, 9.17) is 16.3 Å². The van der Waals surface area contributed by atoms with Crippen LogP contribution in [0.25, 0.3) is 6.08 Å². The maximum Gasteiger partial charge on any atom is 0.329 e. The van der Waals surface area contributed by atoms with Crippen LogP contribution in [0.4, 0.5) is 14.9 Å². The number of imide groups is 1. The fourth-order valence-electron chi connectivity index (χ4n) is 2.76. The van der Waals surface area contributed by atoms with E-state index in [1.54, 1.807) is 18.2 Å². The molecule has 7 nitrogen and oxygen atoms in total. The maximum atomic E-state index is 13.0. The van der Waals surface area contributed by atoms with Crippen molar-refractivity contribution in [2.24, 2.45) is 0 Å². The van der Waals surface area contributed by atoms with E-state index >= 15 is 0 Å². The molecule has 2 aromatic rings. The zero-order chi connectivity index (χ0) is 22.5.